The van der Waals surface area contributed by atoms with E-state index in [4.69, 9.17) is 0 Å². The standard InChI is InChI=1S/C15H26N2O3/c1-2-17-9-12(8-14(17)19)15(20)16-13-7-5-3-4-6-11(13)10-18/h11-13,18H,2-10H2,1H3,(H,16,20). The second kappa shape index (κ2) is 7.07. The van der Waals surface area contributed by atoms with Gasteiger partial charge in [-0.2, -0.15) is 0 Å². The third-order valence-corrected chi connectivity index (χ3v) is 4.69. The van der Waals surface area contributed by atoms with Gasteiger partial charge in [-0.25, -0.2) is 0 Å². The lowest BCUT2D eigenvalue weighted by atomic mass is 9.94. The summed E-state index contributed by atoms with van der Waals surface area (Å²) >= 11 is 0. The largest absolute Gasteiger partial charge is 0.396 e. The molecule has 2 amide bonds. The van der Waals surface area contributed by atoms with Crippen LogP contribution in [0, 0.1) is 11.8 Å². The van der Waals surface area contributed by atoms with Gasteiger partial charge in [0.25, 0.3) is 0 Å². The molecule has 20 heavy (non-hydrogen) atoms. The van der Waals surface area contributed by atoms with Crippen LogP contribution in [0.3, 0.4) is 0 Å². The van der Waals surface area contributed by atoms with Gasteiger partial charge in [-0.05, 0) is 19.8 Å². The van der Waals surface area contributed by atoms with E-state index in [2.05, 4.69) is 5.32 Å². The number of likely N-dealkylation sites (tertiary alicyclic amines) is 1. The summed E-state index contributed by atoms with van der Waals surface area (Å²) in [6, 6.07) is 0.0702. The van der Waals surface area contributed by atoms with Crippen molar-refractivity contribution in [3.05, 3.63) is 0 Å². The molecule has 0 radical (unpaired) electrons. The zero-order valence-electron chi connectivity index (χ0n) is 12.3. The van der Waals surface area contributed by atoms with Crippen LogP contribution >= 0.6 is 0 Å². The van der Waals surface area contributed by atoms with Gasteiger partial charge < -0.3 is 15.3 Å². The number of nitrogens with one attached hydrogen (secondary N) is 1. The summed E-state index contributed by atoms with van der Waals surface area (Å²) in [4.78, 5) is 25.8. The normalized spacial score (nSPS) is 31.2. The molecular weight excluding hydrogens is 256 g/mol. The van der Waals surface area contributed by atoms with Crippen molar-refractivity contribution >= 4 is 11.8 Å². The fraction of sp³-hybridized carbons (Fsp3) is 0.867. The molecule has 1 saturated carbocycles. The third-order valence-electron chi connectivity index (χ3n) is 4.69. The highest BCUT2D eigenvalue weighted by atomic mass is 16.3. The summed E-state index contributed by atoms with van der Waals surface area (Å²) in [5.41, 5.74) is 0. The van der Waals surface area contributed by atoms with Crippen LogP contribution in [0.4, 0.5) is 0 Å². The third kappa shape index (κ3) is 3.51. The van der Waals surface area contributed by atoms with Gasteiger partial charge >= 0.3 is 0 Å². The van der Waals surface area contributed by atoms with Crippen molar-refractivity contribution in [1.29, 1.82) is 0 Å². The van der Waals surface area contributed by atoms with Crippen molar-refractivity contribution < 1.29 is 14.7 Å². The molecule has 1 aliphatic heterocycles. The number of carbonyl (C=O) groups is 2. The number of aliphatic hydroxyl groups excluding tert-OH is 1. The quantitative estimate of drug-likeness (QED) is 0.753. The smallest absolute Gasteiger partial charge is 0.225 e. The Labute approximate surface area is 120 Å². The molecule has 1 heterocycles. The van der Waals surface area contributed by atoms with Crippen molar-refractivity contribution in [2.24, 2.45) is 11.8 Å². The molecule has 2 N–H and O–H groups in total. The minimum Gasteiger partial charge on any atom is -0.396 e. The Balaban J connectivity index is 1.91. The molecular formula is C15H26N2O3. The van der Waals surface area contributed by atoms with Gasteiger partial charge in [0.15, 0.2) is 0 Å². The summed E-state index contributed by atoms with van der Waals surface area (Å²) in [5.74, 6) is 0.0118. The second-order valence-corrected chi connectivity index (χ2v) is 6.03. The van der Waals surface area contributed by atoms with E-state index in [-0.39, 0.29) is 36.3 Å². The Morgan fingerprint density at radius 1 is 1.35 bits per heavy atom. The van der Waals surface area contributed by atoms with Gasteiger partial charge in [-0.3, -0.25) is 9.59 Å². The molecule has 1 aliphatic carbocycles. The zero-order valence-corrected chi connectivity index (χ0v) is 12.3. The summed E-state index contributed by atoms with van der Waals surface area (Å²) in [6.07, 6.45) is 5.65. The van der Waals surface area contributed by atoms with Crippen LogP contribution in [0.2, 0.25) is 0 Å². The van der Waals surface area contributed by atoms with Gasteiger partial charge in [0.1, 0.15) is 0 Å². The fourth-order valence-electron chi connectivity index (χ4n) is 3.35. The van der Waals surface area contributed by atoms with E-state index in [0.717, 1.165) is 25.7 Å². The first-order chi connectivity index (χ1) is 9.65. The van der Waals surface area contributed by atoms with Gasteiger partial charge in [-0.15, -0.1) is 0 Å². The van der Waals surface area contributed by atoms with Crippen molar-refractivity contribution in [1.82, 2.24) is 10.2 Å². The Morgan fingerprint density at radius 3 is 2.75 bits per heavy atom. The van der Waals surface area contributed by atoms with Crippen LogP contribution in [-0.2, 0) is 9.59 Å². The van der Waals surface area contributed by atoms with Crippen LogP contribution < -0.4 is 5.32 Å². The van der Waals surface area contributed by atoms with Gasteiger partial charge in [-0.1, -0.05) is 19.3 Å². The van der Waals surface area contributed by atoms with Gasteiger partial charge in [0, 0.05) is 38.1 Å². The molecule has 0 aromatic carbocycles. The van der Waals surface area contributed by atoms with E-state index in [1.54, 1.807) is 4.90 Å². The molecule has 3 unspecified atom stereocenters. The topological polar surface area (TPSA) is 69.6 Å². The second-order valence-electron chi connectivity index (χ2n) is 6.03. The van der Waals surface area contributed by atoms with Crippen LogP contribution in [0.5, 0.6) is 0 Å². The maximum absolute atomic E-state index is 12.3. The molecule has 5 heteroatoms. The molecule has 0 aromatic rings. The highest BCUT2D eigenvalue weighted by molar-refractivity contribution is 5.89. The number of rotatable bonds is 4. The number of hydrogen-bond acceptors (Lipinski definition) is 3. The minimum atomic E-state index is -0.218. The van der Waals surface area contributed by atoms with Crippen molar-refractivity contribution in [3.8, 4) is 0 Å². The number of aliphatic hydroxyl groups is 1. The first kappa shape index (κ1) is 15.3. The van der Waals surface area contributed by atoms with Crippen molar-refractivity contribution in [2.75, 3.05) is 19.7 Å². The molecule has 0 aromatic heterocycles. The minimum absolute atomic E-state index is 0.0142. The molecule has 1 saturated heterocycles. The maximum Gasteiger partial charge on any atom is 0.225 e. The van der Waals surface area contributed by atoms with E-state index < -0.39 is 0 Å². The fourth-order valence-corrected chi connectivity index (χ4v) is 3.35. The lowest BCUT2D eigenvalue weighted by molar-refractivity contribution is -0.129. The number of amides is 2. The monoisotopic (exact) mass is 282 g/mol. The Morgan fingerprint density at radius 2 is 2.10 bits per heavy atom. The van der Waals surface area contributed by atoms with Crippen LogP contribution in [-0.4, -0.2) is 47.6 Å². The van der Waals surface area contributed by atoms with E-state index in [1.165, 1.54) is 6.42 Å². The van der Waals surface area contributed by atoms with Gasteiger partial charge in [0.05, 0.1) is 5.92 Å². The molecule has 114 valence electrons. The average molecular weight is 282 g/mol. The zero-order chi connectivity index (χ0) is 14.5. The van der Waals surface area contributed by atoms with E-state index in [0.29, 0.717) is 19.5 Å². The van der Waals surface area contributed by atoms with Crippen LogP contribution in [0.15, 0.2) is 0 Å². The van der Waals surface area contributed by atoms with Crippen molar-refractivity contribution in [2.45, 2.75) is 51.5 Å². The first-order valence-corrected chi connectivity index (χ1v) is 7.84. The predicted molar refractivity (Wildman–Crippen MR) is 76.0 cm³/mol. The Bertz CT molecular complexity index is 359. The average Bonchev–Trinajstić information content (AvgIpc) is 2.68. The van der Waals surface area contributed by atoms with Crippen LogP contribution in [0.25, 0.3) is 0 Å². The summed E-state index contributed by atoms with van der Waals surface area (Å²) in [7, 11) is 0. The van der Waals surface area contributed by atoms with Gasteiger partial charge in [0.2, 0.25) is 11.8 Å². The maximum atomic E-state index is 12.3. The molecule has 3 atom stereocenters. The van der Waals surface area contributed by atoms with E-state index >= 15 is 0 Å². The predicted octanol–water partition coefficient (Wildman–Crippen LogP) is 0.912. The first-order valence-electron chi connectivity index (χ1n) is 7.84. The van der Waals surface area contributed by atoms with E-state index in [1.807, 2.05) is 6.92 Å². The summed E-state index contributed by atoms with van der Waals surface area (Å²) < 4.78 is 0. The molecule has 2 fully saturated rings. The number of carbonyl (C=O) groups excluding carboxylic acids is 2. The molecule has 0 spiro atoms. The molecule has 5 nitrogen and oxygen atoms in total. The van der Waals surface area contributed by atoms with Crippen molar-refractivity contribution in [3.63, 3.8) is 0 Å². The van der Waals surface area contributed by atoms with Crippen LogP contribution in [0.1, 0.15) is 45.4 Å². The Hall–Kier alpha value is -1.10. The number of hydrogen-bond donors (Lipinski definition) is 2. The Kier molecular flexibility index (Phi) is 5.40. The summed E-state index contributed by atoms with van der Waals surface area (Å²) in [6.45, 7) is 3.28. The number of nitrogens with zero attached hydrogens (tertiary/aromatic N) is 1. The SMILES string of the molecule is CCN1CC(C(=O)NC2CCCCCC2CO)CC1=O. The summed E-state index contributed by atoms with van der Waals surface area (Å²) in [5, 5.41) is 12.6. The van der Waals surface area contributed by atoms with E-state index in [9.17, 15) is 14.7 Å². The highest BCUT2D eigenvalue weighted by Crippen LogP contribution is 2.24. The highest BCUT2D eigenvalue weighted by Gasteiger charge is 2.35. The molecule has 2 rings (SSSR count). The lowest BCUT2D eigenvalue weighted by Crippen LogP contribution is -2.44. The lowest BCUT2D eigenvalue weighted by Gasteiger charge is -2.25. The molecule has 0 bridgehead atoms. The molecule has 2 aliphatic rings.